The van der Waals surface area contributed by atoms with Crippen LogP contribution in [0, 0.1) is 11.8 Å². The van der Waals surface area contributed by atoms with Crippen molar-refractivity contribution in [3.63, 3.8) is 0 Å². The van der Waals surface area contributed by atoms with Gasteiger partial charge in [0.2, 0.25) is 0 Å². The van der Waals surface area contributed by atoms with Gasteiger partial charge in [0.15, 0.2) is 9.84 Å². The van der Waals surface area contributed by atoms with Crippen LogP contribution in [0.25, 0.3) is 0 Å². The van der Waals surface area contributed by atoms with Crippen LogP contribution in [0.15, 0.2) is 54.6 Å². The summed E-state index contributed by atoms with van der Waals surface area (Å²) >= 11 is 0. The lowest BCUT2D eigenvalue weighted by Gasteiger charge is -2.28. The van der Waals surface area contributed by atoms with E-state index in [9.17, 15) is 13.2 Å². The van der Waals surface area contributed by atoms with Gasteiger partial charge in [0, 0.05) is 12.3 Å². The van der Waals surface area contributed by atoms with E-state index in [4.69, 9.17) is 4.74 Å². The standard InChI is InChI=1S/C24H30O4S/c1-18(2)29(26,27)17-19-11-13-21(14-12-19)24(25)16-20-7-6-10-23(15-20)28-22-8-4-3-5-9-22/h3-10,15,18-19,21H,11-14,16-17H2,1-2H3. The van der Waals surface area contributed by atoms with Crippen molar-refractivity contribution in [3.8, 4) is 11.5 Å². The average Bonchev–Trinajstić information content (AvgIpc) is 2.69. The van der Waals surface area contributed by atoms with E-state index in [1.807, 2.05) is 54.6 Å². The second-order valence-electron chi connectivity index (χ2n) is 8.30. The minimum absolute atomic E-state index is 0.0340. The maximum Gasteiger partial charge on any atom is 0.152 e. The van der Waals surface area contributed by atoms with Crippen LogP contribution in [-0.2, 0) is 21.1 Å². The van der Waals surface area contributed by atoms with E-state index in [0.717, 1.165) is 42.7 Å². The van der Waals surface area contributed by atoms with Gasteiger partial charge in [-0.05, 0) is 75.3 Å². The normalized spacial score (nSPS) is 19.8. The second kappa shape index (κ2) is 9.57. The first-order valence-electron chi connectivity index (χ1n) is 10.4. The fraction of sp³-hybridized carbons (Fsp3) is 0.458. The van der Waals surface area contributed by atoms with Gasteiger partial charge in [-0.2, -0.15) is 0 Å². The molecule has 1 saturated carbocycles. The molecule has 4 nitrogen and oxygen atoms in total. The summed E-state index contributed by atoms with van der Waals surface area (Å²) in [7, 11) is -3.01. The number of para-hydroxylation sites is 1. The molecule has 0 N–H and O–H groups in total. The predicted molar refractivity (Wildman–Crippen MR) is 116 cm³/mol. The molecule has 5 heteroatoms. The van der Waals surface area contributed by atoms with E-state index >= 15 is 0 Å². The van der Waals surface area contributed by atoms with Crippen LogP contribution < -0.4 is 4.74 Å². The number of carbonyl (C=O) groups excluding carboxylic acids is 1. The van der Waals surface area contributed by atoms with Crippen molar-refractivity contribution in [2.24, 2.45) is 11.8 Å². The smallest absolute Gasteiger partial charge is 0.152 e. The third-order valence-corrected chi connectivity index (χ3v) is 8.12. The van der Waals surface area contributed by atoms with Gasteiger partial charge >= 0.3 is 0 Å². The highest BCUT2D eigenvalue weighted by atomic mass is 32.2. The quantitative estimate of drug-likeness (QED) is 0.594. The molecule has 0 radical (unpaired) electrons. The van der Waals surface area contributed by atoms with Gasteiger partial charge in [-0.25, -0.2) is 8.42 Å². The van der Waals surface area contributed by atoms with Crippen LogP contribution >= 0.6 is 0 Å². The van der Waals surface area contributed by atoms with Gasteiger partial charge in [-0.1, -0.05) is 30.3 Å². The van der Waals surface area contributed by atoms with Gasteiger partial charge in [0.1, 0.15) is 17.3 Å². The molecule has 29 heavy (non-hydrogen) atoms. The topological polar surface area (TPSA) is 60.4 Å². The first kappa shape index (κ1) is 21.6. The average molecular weight is 415 g/mol. The number of rotatable bonds is 8. The lowest BCUT2D eigenvalue weighted by Crippen LogP contribution is -2.29. The van der Waals surface area contributed by atoms with Crippen molar-refractivity contribution < 1.29 is 17.9 Å². The molecule has 0 bridgehead atoms. The lowest BCUT2D eigenvalue weighted by molar-refractivity contribution is -0.123. The number of carbonyl (C=O) groups is 1. The highest BCUT2D eigenvalue weighted by Gasteiger charge is 2.30. The number of ketones is 1. The summed E-state index contributed by atoms with van der Waals surface area (Å²) in [6.45, 7) is 3.47. The lowest BCUT2D eigenvalue weighted by atomic mass is 9.79. The predicted octanol–water partition coefficient (Wildman–Crippen LogP) is 5.22. The maximum absolute atomic E-state index is 12.8. The molecular weight excluding hydrogens is 384 g/mol. The Morgan fingerprint density at radius 3 is 2.28 bits per heavy atom. The number of hydrogen-bond acceptors (Lipinski definition) is 4. The molecule has 0 heterocycles. The van der Waals surface area contributed by atoms with E-state index in [1.165, 1.54) is 0 Å². The zero-order valence-corrected chi connectivity index (χ0v) is 18.0. The summed E-state index contributed by atoms with van der Waals surface area (Å²) < 4.78 is 30.1. The van der Waals surface area contributed by atoms with E-state index in [0.29, 0.717) is 6.42 Å². The van der Waals surface area contributed by atoms with Crippen molar-refractivity contribution in [2.45, 2.75) is 51.2 Å². The van der Waals surface area contributed by atoms with Crippen LogP contribution in [0.4, 0.5) is 0 Å². The summed E-state index contributed by atoms with van der Waals surface area (Å²) in [6.07, 6.45) is 3.61. The Labute approximate surface area is 174 Å². The Morgan fingerprint density at radius 1 is 0.966 bits per heavy atom. The van der Waals surface area contributed by atoms with Crippen LogP contribution in [0.2, 0.25) is 0 Å². The number of sulfone groups is 1. The molecule has 1 aliphatic rings. The largest absolute Gasteiger partial charge is 0.457 e. The minimum Gasteiger partial charge on any atom is -0.457 e. The van der Waals surface area contributed by atoms with Crippen molar-refractivity contribution >= 4 is 15.6 Å². The van der Waals surface area contributed by atoms with Crippen LogP contribution in [0.5, 0.6) is 11.5 Å². The zero-order chi connectivity index (χ0) is 20.9. The molecule has 0 aromatic heterocycles. The van der Waals surface area contributed by atoms with Gasteiger partial charge in [-0.15, -0.1) is 0 Å². The Balaban J connectivity index is 1.53. The first-order chi connectivity index (χ1) is 13.8. The summed E-state index contributed by atoms with van der Waals surface area (Å²) in [5.74, 6) is 2.22. The van der Waals surface area contributed by atoms with Crippen molar-refractivity contribution in [1.29, 1.82) is 0 Å². The molecule has 0 atom stereocenters. The van der Waals surface area contributed by atoms with Crippen molar-refractivity contribution in [2.75, 3.05) is 5.75 Å². The molecule has 1 aliphatic carbocycles. The Morgan fingerprint density at radius 2 is 1.62 bits per heavy atom. The summed E-state index contributed by atoms with van der Waals surface area (Å²) in [5, 5.41) is -0.327. The van der Waals surface area contributed by atoms with Gasteiger partial charge < -0.3 is 4.74 Å². The van der Waals surface area contributed by atoms with E-state index in [1.54, 1.807) is 13.8 Å². The fourth-order valence-electron chi connectivity index (χ4n) is 3.86. The fourth-order valence-corrected chi connectivity index (χ4v) is 5.24. The first-order valence-corrected chi connectivity index (χ1v) is 12.1. The van der Waals surface area contributed by atoms with Gasteiger partial charge in [-0.3, -0.25) is 4.79 Å². The Bertz CT molecular complexity index is 911. The Hall–Kier alpha value is -2.14. The van der Waals surface area contributed by atoms with E-state index < -0.39 is 9.84 Å². The highest BCUT2D eigenvalue weighted by molar-refractivity contribution is 7.91. The van der Waals surface area contributed by atoms with E-state index in [2.05, 4.69) is 0 Å². The molecule has 1 fully saturated rings. The number of hydrogen-bond donors (Lipinski definition) is 0. The third-order valence-electron chi connectivity index (χ3n) is 5.74. The SMILES string of the molecule is CC(C)S(=O)(=O)CC1CCC(C(=O)Cc2cccc(Oc3ccccc3)c2)CC1. The highest BCUT2D eigenvalue weighted by Crippen LogP contribution is 2.32. The second-order valence-corrected chi connectivity index (χ2v) is 10.9. The summed E-state index contributed by atoms with van der Waals surface area (Å²) in [5.41, 5.74) is 0.952. The molecule has 0 aliphatic heterocycles. The molecule has 3 rings (SSSR count). The number of benzene rings is 2. The molecule has 0 amide bonds. The summed E-state index contributed by atoms with van der Waals surface area (Å²) in [4.78, 5) is 12.8. The monoisotopic (exact) mass is 414 g/mol. The number of Topliss-reactive ketones (excluding diaryl/α,β-unsaturated/α-hetero) is 1. The van der Waals surface area contributed by atoms with E-state index in [-0.39, 0.29) is 28.6 Å². The van der Waals surface area contributed by atoms with Gasteiger partial charge in [0.05, 0.1) is 11.0 Å². The maximum atomic E-state index is 12.8. The molecule has 0 spiro atoms. The van der Waals surface area contributed by atoms with Crippen LogP contribution in [0.3, 0.4) is 0 Å². The molecule has 0 saturated heterocycles. The Kier molecular flexibility index (Phi) is 7.12. The van der Waals surface area contributed by atoms with Gasteiger partial charge in [0.25, 0.3) is 0 Å². The van der Waals surface area contributed by atoms with Crippen molar-refractivity contribution in [3.05, 3.63) is 60.2 Å². The number of ether oxygens (including phenoxy) is 1. The summed E-state index contributed by atoms with van der Waals surface area (Å²) in [6, 6.07) is 17.3. The van der Waals surface area contributed by atoms with Crippen LogP contribution in [0.1, 0.15) is 45.1 Å². The molecule has 2 aromatic rings. The minimum atomic E-state index is -3.01. The molecular formula is C24H30O4S. The zero-order valence-electron chi connectivity index (χ0n) is 17.2. The molecule has 156 valence electrons. The van der Waals surface area contributed by atoms with Crippen LogP contribution in [-0.4, -0.2) is 25.2 Å². The van der Waals surface area contributed by atoms with Crippen molar-refractivity contribution in [1.82, 2.24) is 0 Å². The molecule has 2 aromatic carbocycles. The third kappa shape index (κ3) is 6.17. The molecule has 0 unspecified atom stereocenters.